The monoisotopic (exact) mass is 369 g/mol. The molecule has 1 N–H and O–H groups in total. The van der Waals surface area contributed by atoms with E-state index in [1.165, 1.54) is 21.5 Å². The van der Waals surface area contributed by atoms with Crippen LogP contribution in [0.15, 0.2) is 24.3 Å². The fraction of sp³-hybridized carbons (Fsp3) is 0.250. The third kappa shape index (κ3) is 3.70. The molecule has 1 heterocycles. The molecule has 0 bridgehead atoms. The number of aromatic nitrogens is 2. The number of hydrogen-bond donors (Lipinski definition) is 1. The predicted octanol–water partition coefficient (Wildman–Crippen LogP) is 3.44. The van der Waals surface area contributed by atoms with Crippen LogP contribution in [-0.2, 0) is 17.1 Å². The maximum absolute atomic E-state index is 12.3. The standard InChI is InChI=1S/C12H11ClF3N3O3S/c1-7-10(13)11(19(2)17-7)22-9-5-3-8(4-6-9)18-23(20,21)12(14,15)16/h3-6,18H,1-2H3. The van der Waals surface area contributed by atoms with Crippen LogP contribution in [0.1, 0.15) is 5.69 Å². The molecule has 23 heavy (non-hydrogen) atoms. The highest BCUT2D eigenvalue weighted by Crippen LogP contribution is 2.32. The van der Waals surface area contributed by atoms with Crippen molar-refractivity contribution >= 4 is 27.3 Å². The van der Waals surface area contributed by atoms with Crippen LogP contribution in [0.25, 0.3) is 0 Å². The van der Waals surface area contributed by atoms with E-state index in [4.69, 9.17) is 16.3 Å². The normalized spacial score (nSPS) is 12.3. The topological polar surface area (TPSA) is 73.2 Å². The van der Waals surface area contributed by atoms with E-state index in [-0.39, 0.29) is 17.3 Å². The first-order valence-electron chi connectivity index (χ1n) is 6.07. The Morgan fingerprint density at radius 1 is 1.26 bits per heavy atom. The Bertz CT molecular complexity index is 817. The van der Waals surface area contributed by atoms with Gasteiger partial charge in [-0.25, -0.2) is 4.68 Å². The zero-order chi connectivity index (χ0) is 17.4. The van der Waals surface area contributed by atoms with Gasteiger partial charge in [-0.3, -0.25) is 4.72 Å². The van der Waals surface area contributed by atoms with Gasteiger partial charge in [0.2, 0.25) is 5.88 Å². The summed E-state index contributed by atoms with van der Waals surface area (Å²) < 4.78 is 67.1. The molecule has 0 aliphatic rings. The van der Waals surface area contributed by atoms with Crippen LogP contribution in [0, 0.1) is 6.92 Å². The molecule has 0 spiro atoms. The lowest BCUT2D eigenvalue weighted by Crippen LogP contribution is -2.29. The Morgan fingerprint density at radius 2 is 1.83 bits per heavy atom. The number of benzene rings is 1. The number of hydrogen-bond acceptors (Lipinski definition) is 4. The molecule has 126 valence electrons. The molecular weight excluding hydrogens is 359 g/mol. The Balaban J connectivity index is 2.17. The molecule has 0 fully saturated rings. The molecule has 11 heteroatoms. The first-order chi connectivity index (χ1) is 10.5. The van der Waals surface area contributed by atoms with Crippen molar-refractivity contribution < 1.29 is 26.3 Å². The van der Waals surface area contributed by atoms with E-state index in [2.05, 4.69) is 5.10 Å². The molecule has 0 unspecified atom stereocenters. The summed E-state index contributed by atoms with van der Waals surface area (Å²) in [6.45, 7) is 1.68. The van der Waals surface area contributed by atoms with Gasteiger partial charge in [0, 0.05) is 12.7 Å². The Labute approximate surface area is 134 Å². The van der Waals surface area contributed by atoms with Crippen molar-refractivity contribution in [2.24, 2.45) is 7.05 Å². The second kappa shape index (κ2) is 5.93. The number of nitrogens with zero attached hydrogens (tertiary/aromatic N) is 2. The second-order valence-corrected chi connectivity index (χ2v) is 6.56. The number of ether oxygens (including phenoxy) is 1. The fourth-order valence-corrected chi connectivity index (χ4v) is 2.40. The van der Waals surface area contributed by atoms with E-state index >= 15 is 0 Å². The number of halogens is 4. The van der Waals surface area contributed by atoms with Gasteiger partial charge in [-0.1, -0.05) is 11.6 Å². The number of anilines is 1. The second-order valence-electron chi connectivity index (χ2n) is 4.51. The van der Waals surface area contributed by atoms with E-state index in [1.807, 2.05) is 0 Å². The van der Waals surface area contributed by atoms with Crippen molar-refractivity contribution in [1.29, 1.82) is 0 Å². The minimum atomic E-state index is -5.46. The molecular formula is C12H11ClF3N3O3S. The molecule has 0 amide bonds. The zero-order valence-electron chi connectivity index (χ0n) is 11.8. The largest absolute Gasteiger partial charge is 0.516 e. The van der Waals surface area contributed by atoms with Crippen LogP contribution in [0.3, 0.4) is 0 Å². The lowest BCUT2D eigenvalue weighted by Gasteiger charge is -2.11. The van der Waals surface area contributed by atoms with Gasteiger partial charge in [0.1, 0.15) is 10.8 Å². The van der Waals surface area contributed by atoms with Gasteiger partial charge in [-0.2, -0.15) is 26.7 Å². The first kappa shape index (κ1) is 17.4. The van der Waals surface area contributed by atoms with Gasteiger partial charge < -0.3 is 4.74 Å². The molecule has 0 aliphatic heterocycles. The third-order valence-electron chi connectivity index (χ3n) is 2.73. The van der Waals surface area contributed by atoms with E-state index in [0.717, 1.165) is 12.1 Å². The zero-order valence-corrected chi connectivity index (χ0v) is 13.4. The molecule has 0 saturated heterocycles. The van der Waals surface area contributed by atoms with Crippen LogP contribution in [0.5, 0.6) is 11.6 Å². The maximum Gasteiger partial charge on any atom is 0.516 e. The molecule has 1 aromatic carbocycles. The summed E-state index contributed by atoms with van der Waals surface area (Å²) in [5.41, 5.74) is -5.08. The fourth-order valence-electron chi connectivity index (χ4n) is 1.64. The Hall–Kier alpha value is -1.94. The maximum atomic E-state index is 12.3. The summed E-state index contributed by atoms with van der Waals surface area (Å²) in [4.78, 5) is 0. The molecule has 0 saturated carbocycles. The van der Waals surface area contributed by atoms with E-state index < -0.39 is 15.5 Å². The highest BCUT2D eigenvalue weighted by atomic mass is 35.5. The molecule has 2 aromatic rings. The lowest BCUT2D eigenvalue weighted by molar-refractivity contribution is -0.0429. The van der Waals surface area contributed by atoms with Crippen LogP contribution in [-0.4, -0.2) is 23.7 Å². The van der Waals surface area contributed by atoms with E-state index in [9.17, 15) is 21.6 Å². The van der Waals surface area contributed by atoms with Crippen LogP contribution in [0.4, 0.5) is 18.9 Å². The van der Waals surface area contributed by atoms with Crippen LogP contribution >= 0.6 is 11.6 Å². The summed E-state index contributed by atoms with van der Waals surface area (Å²) in [5, 5.41) is 4.34. The summed E-state index contributed by atoms with van der Waals surface area (Å²) >= 11 is 6.01. The molecule has 0 atom stereocenters. The molecule has 0 radical (unpaired) electrons. The third-order valence-corrected chi connectivity index (χ3v) is 4.27. The number of nitrogens with one attached hydrogen (secondary N) is 1. The van der Waals surface area contributed by atoms with Gasteiger partial charge in [0.15, 0.2) is 0 Å². The lowest BCUT2D eigenvalue weighted by atomic mass is 10.3. The molecule has 0 aliphatic carbocycles. The minimum absolute atomic E-state index is 0.248. The van der Waals surface area contributed by atoms with E-state index in [1.54, 1.807) is 14.0 Å². The highest BCUT2D eigenvalue weighted by Gasteiger charge is 2.46. The minimum Gasteiger partial charge on any atom is -0.438 e. The van der Waals surface area contributed by atoms with E-state index in [0.29, 0.717) is 10.7 Å². The SMILES string of the molecule is Cc1nn(C)c(Oc2ccc(NS(=O)(=O)C(F)(F)F)cc2)c1Cl. The van der Waals surface area contributed by atoms with Crippen molar-refractivity contribution in [2.75, 3.05) is 4.72 Å². The van der Waals surface area contributed by atoms with Crippen molar-refractivity contribution in [3.63, 3.8) is 0 Å². The summed E-state index contributed by atoms with van der Waals surface area (Å²) in [6.07, 6.45) is 0. The first-order valence-corrected chi connectivity index (χ1v) is 7.93. The Morgan fingerprint density at radius 3 is 2.26 bits per heavy atom. The van der Waals surface area contributed by atoms with Gasteiger partial charge in [-0.05, 0) is 31.2 Å². The van der Waals surface area contributed by atoms with Crippen molar-refractivity contribution in [3.8, 4) is 11.6 Å². The van der Waals surface area contributed by atoms with Crippen LogP contribution in [0.2, 0.25) is 5.02 Å². The van der Waals surface area contributed by atoms with Crippen molar-refractivity contribution in [3.05, 3.63) is 35.0 Å². The molecule has 6 nitrogen and oxygen atoms in total. The molecule has 2 rings (SSSR count). The van der Waals surface area contributed by atoms with Gasteiger partial charge in [0.05, 0.1) is 5.69 Å². The number of alkyl halides is 3. The van der Waals surface area contributed by atoms with Gasteiger partial charge in [0.25, 0.3) is 0 Å². The van der Waals surface area contributed by atoms with Crippen LogP contribution < -0.4 is 9.46 Å². The van der Waals surface area contributed by atoms with Gasteiger partial charge in [-0.15, -0.1) is 0 Å². The number of rotatable bonds is 4. The van der Waals surface area contributed by atoms with Gasteiger partial charge >= 0.3 is 15.5 Å². The van der Waals surface area contributed by atoms with Crippen molar-refractivity contribution in [1.82, 2.24) is 9.78 Å². The molecule has 1 aromatic heterocycles. The summed E-state index contributed by atoms with van der Waals surface area (Å²) in [7, 11) is -3.85. The quantitative estimate of drug-likeness (QED) is 0.896. The predicted molar refractivity (Wildman–Crippen MR) is 78.1 cm³/mol. The summed E-state index contributed by atoms with van der Waals surface area (Å²) in [5.74, 6) is 0.512. The number of aryl methyl sites for hydroxylation is 2. The van der Waals surface area contributed by atoms with Crippen molar-refractivity contribution in [2.45, 2.75) is 12.4 Å². The Kier molecular flexibility index (Phi) is 4.49. The number of sulfonamides is 1. The summed E-state index contributed by atoms with van der Waals surface area (Å²) in [6, 6.07) is 4.87. The smallest absolute Gasteiger partial charge is 0.438 e. The highest BCUT2D eigenvalue weighted by molar-refractivity contribution is 7.93. The average Bonchev–Trinajstić information content (AvgIpc) is 2.66. The average molecular weight is 370 g/mol.